The number of carbonyl (C=O) groups excluding carboxylic acids is 2. The molecule has 2 aliphatic carbocycles. The molecule has 4 rings (SSSR count). The molecule has 0 radical (unpaired) electrons. The number of amides is 1. The van der Waals surface area contributed by atoms with Gasteiger partial charge in [0.15, 0.2) is 5.79 Å². The molecular formula is C25H33NO7. The summed E-state index contributed by atoms with van der Waals surface area (Å²) in [6.07, 6.45) is 1.45. The van der Waals surface area contributed by atoms with Gasteiger partial charge in [-0.2, -0.15) is 0 Å². The predicted molar refractivity (Wildman–Crippen MR) is 119 cm³/mol. The summed E-state index contributed by atoms with van der Waals surface area (Å²) in [5.74, 6) is -1.59. The van der Waals surface area contributed by atoms with Crippen LogP contribution in [0.1, 0.15) is 51.2 Å². The van der Waals surface area contributed by atoms with Crippen LogP contribution in [-0.2, 0) is 36.6 Å². The standard InChI is InChI=1S/C25H33NO7/c1-24(2,3)32-21(29)9-8-18(14-27)26-23(30)17-10-19(28)22-20(11-17)31-25(33-22)12-15-6-4-5-7-16(15)13-25/h4-7,11,18-20,22,27-28H,8-10,12-14H2,1-3H3,(H,26,30). The Kier molecular flexibility index (Phi) is 6.64. The summed E-state index contributed by atoms with van der Waals surface area (Å²) >= 11 is 0. The molecule has 1 spiro atoms. The van der Waals surface area contributed by atoms with E-state index in [1.807, 2.05) is 12.1 Å². The molecular weight excluding hydrogens is 426 g/mol. The first-order valence-corrected chi connectivity index (χ1v) is 11.5. The summed E-state index contributed by atoms with van der Waals surface area (Å²) in [5.41, 5.74) is 2.14. The lowest BCUT2D eigenvalue weighted by Crippen LogP contribution is -2.44. The third-order valence-electron chi connectivity index (χ3n) is 6.20. The van der Waals surface area contributed by atoms with Crippen molar-refractivity contribution < 1.29 is 34.0 Å². The molecule has 1 amide bonds. The van der Waals surface area contributed by atoms with E-state index < -0.39 is 41.6 Å². The first kappa shape index (κ1) is 23.9. The lowest BCUT2D eigenvalue weighted by molar-refractivity contribution is -0.171. The van der Waals surface area contributed by atoms with E-state index in [4.69, 9.17) is 14.2 Å². The average Bonchev–Trinajstić information content (AvgIpc) is 3.28. The van der Waals surface area contributed by atoms with E-state index in [9.17, 15) is 19.8 Å². The molecule has 1 heterocycles. The summed E-state index contributed by atoms with van der Waals surface area (Å²) < 4.78 is 17.7. The molecule has 3 N–H and O–H groups in total. The first-order chi connectivity index (χ1) is 15.6. The summed E-state index contributed by atoms with van der Waals surface area (Å²) in [5, 5.41) is 23.1. The van der Waals surface area contributed by atoms with Gasteiger partial charge >= 0.3 is 5.97 Å². The van der Waals surface area contributed by atoms with Gasteiger partial charge in [-0.1, -0.05) is 24.3 Å². The Hall–Kier alpha value is -2.26. The van der Waals surface area contributed by atoms with E-state index >= 15 is 0 Å². The number of nitrogens with one attached hydrogen (secondary N) is 1. The second kappa shape index (κ2) is 9.18. The zero-order valence-electron chi connectivity index (χ0n) is 19.4. The topological polar surface area (TPSA) is 114 Å². The van der Waals surface area contributed by atoms with Crippen molar-refractivity contribution in [3.63, 3.8) is 0 Å². The van der Waals surface area contributed by atoms with E-state index in [1.54, 1.807) is 26.8 Å². The number of fused-ring (bicyclic) bond motifs is 2. The maximum Gasteiger partial charge on any atom is 0.306 e. The minimum Gasteiger partial charge on any atom is -0.460 e. The zero-order chi connectivity index (χ0) is 23.8. The minimum atomic E-state index is -0.877. The Morgan fingerprint density at radius 1 is 1.21 bits per heavy atom. The minimum absolute atomic E-state index is 0.0786. The molecule has 3 aliphatic rings. The highest BCUT2D eigenvalue weighted by atomic mass is 16.8. The molecule has 1 aromatic rings. The highest BCUT2D eigenvalue weighted by molar-refractivity contribution is 5.94. The maximum absolute atomic E-state index is 12.9. The third kappa shape index (κ3) is 5.46. The SMILES string of the molecule is CC(C)(C)OC(=O)CCC(CO)NC(=O)C1=CC2OC3(Cc4ccccc4C3)OC2C(O)C1. The van der Waals surface area contributed by atoms with Gasteiger partial charge < -0.3 is 29.7 Å². The Labute approximate surface area is 193 Å². The number of rotatable bonds is 6. The van der Waals surface area contributed by atoms with Crippen molar-refractivity contribution in [2.24, 2.45) is 0 Å². The number of benzene rings is 1. The molecule has 1 fully saturated rings. The largest absolute Gasteiger partial charge is 0.460 e. The quantitative estimate of drug-likeness (QED) is 0.553. The fourth-order valence-electron chi connectivity index (χ4n) is 4.74. The number of ether oxygens (including phenoxy) is 3. The Morgan fingerprint density at radius 3 is 2.48 bits per heavy atom. The molecule has 1 saturated heterocycles. The summed E-state index contributed by atoms with van der Waals surface area (Å²) in [6, 6.07) is 7.47. The van der Waals surface area contributed by atoms with Gasteiger partial charge in [0.1, 0.15) is 17.8 Å². The number of hydrogen-bond acceptors (Lipinski definition) is 7. The van der Waals surface area contributed by atoms with E-state index in [2.05, 4.69) is 17.4 Å². The van der Waals surface area contributed by atoms with E-state index in [-0.39, 0.29) is 31.8 Å². The van der Waals surface area contributed by atoms with Crippen LogP contribution in [0.4, 0.5) is 0 Å². The van der Waals surface area contributed by atoms with Gasteiger partial charge in [0.25, 0.3) is 0 Å². The van der Waals surface area contributed by atoms with Gasteiger partial charge in [0.05, 0.1) is 18.8 Å². The van der Waals surface area contributed by atoms with Crippen molar-refractivity contribution in [1.29, 1.82) is 0 Å². The van der Waals surface area contributed by atoms with Crippen LogP contribution in [0.25, 0.3) is 0 Å². The van der Waals surface area contributed by atoms with Crippen molar-refractivity contribution in [3.8, 4) is 0 Å². The second-order valence-electron chi connectivity index (χ2n) is 10.1. The molecule has 1 aliphatic heterocycles. The number of aliphatic hydroxyl groups excluding tert-OH is 2. The first-order valence-electron chi connectivity index (χ1n) is 11.5. The van der Waals surface area contributed by atoms with Crippen molar-refractivity contribution in [1.82, 2.24) is 5.32 Å². The third-order valence-corrected chi connectivity index (χ3v) is 6.20. The zero-order valence-corrected chi connectivity index (χ0v) is 19.4. The molecule has 0 saturated carbocycles. The van der Waals surface area contributed by atoms with Gasteiger partial charge in [-0.15, -0.1) is 0 Å². The number of aliphatic hydroxyl groups is 2. The van der Waals surface area contributed by atoms with Gasteiger partial charge in [-0.3, -0.25) is 9.59 Å². The molecule has 180 valence electrons. The van der Waals surface area contributed by atoms with Crippen LogP contribution in [0, 0.1) is 0 Å². The lowest BCUT2D eigenvalue weighted by Gasteiger charge is -2.27. The van der Waals surface area contributed by atoms with Crippen LogP contribution >= 0.6 is 0 Å². The molecule has 4 unspecified atom stereocenters. The van der Waals surface area contributed by atoms with Crippen LogP contribution < -0.4 is 5.32 Å². The van der Waals surface area contributed by atoms with Gasteiger partial charge in [0, 0.05) is 31.3 Å². The molecule has 4 atom stereocenters. The number of carbonyl (C=O) groups is 2. The van der Waals surface area contributed by atoms with Gasteiger partial charge in [0.2, 0.25) is 5.91 Å². The van der Waals surface area contributed by atoms with Crippen LogP contribution in [0.3, 0.4) is 0 Å². The molecule has 8 heteroatoms. The summed E-state index contributed by atoms with van der Waals surface area (Å²) in [7, 11) is 0. The highest BCUT2D eigenvalue weighted by Gasteiger charge is 2.53. The van der Waals surface area contributed by atoms with E-state index in [0.717, 1.165) is 0 Å². The normalized spacial score (nSPS) is 26.3. The predicted octanol–water partition coefficient (Wildman–Crippen LogP) is 1.56. The average molecular weight is 460 g/mol. The van der Waals surface area contributed by atoms with Crippen molar-refractivity contribution in [2.45, 2.75) is 88.6 Å². The number of hydrogen-bond donors (Lipinski definition) is 3. The monoisotopic (exact) mass is 459 g/mol. The van der Waals surface area contributed by atoms with Gasteiger partial charge in [-0.05, 0) is 44.4 Å². The van der Waals surface area contributed by atoms with Crippen LogP contribution in [0.15, 0.2) is 35.9 Å². The van der Waals surface area contributed by atoms with Crippen molar-refractivity contribution in [2.75, 3.05) is 6.61 Å². The van der Waals surface area contributed by atoms with Crippen LogP contribution in [0.2, 0.25) is 0 Å². The molecule has 0 bridgehead atoms. The fourth-order valence-corrected chi connectivity index (χ4v) is 4.74. The maximum atomic E-state index is 12.9. The molecule has 8 nitrogen and oxygen atoms in total. The fraction of sp³-hybridized carbons (Fsp3) is 0.600. The Balaban J connectivity index is 1.36. The van der Waals surface area contributed by atoms with E-state index in [0.29, 0.717) is 18.4 Å². The highest BCUT2D eigenvalue weighted by Crippen LogP contribution is 2.44. The van der Waals surface area contributed by atoms with Crippen molar-refractivity contribution in [3.05, 3.63) is 47.0 Å². The van der Waals surface area contributed by atoms with Crippen LogP contribution in [-0.4, -0.2) is 64.4 Å². The Morgan fingerprint density at radius 2 is 1.88 bits per heavy atom. The Bertz CT molecular complexity index is 910. The molecule has 0 aromatic heterocycles. The molecule has 1 aromatic carbocycles. The van der Waals surface area contributed by atoms with E-state index in [1.165, 1.54) is 11.1 Å². The number of esters is 1. The van der Waals surface area contributed by atoms with Gasteiger partial charge in [-0.25, -0.2) is 0 Å². The summed E-state index contributed by atoms with van der Waals surface area (Å²) in [4.78, 5) is 24.8. The second-order valence-corrected chi connectivity index (χ2v) is 10.1. The van der Waals surface area contributed by atoms with Crippen LogP contribution in [0.5, 0.6) is 0 Å². The molecule has 33 heavy (non-hydrogen) atoms. The summed E-state index contributed by atoms with van der Waals surface area (Å²) in [6.45, 7) is 5.05. The lowest BCUT2D eigenvalue weighted by atomic mass is 9.91. The smallest absolute Gasteiger partial charge is 0.306 e. The van der Waals surface area contributed by atoms with Crippen molar-refractivity contribution >= 4 is 11.9 Å².